The Morgan fingerprint density at radius 2 is 2.17 bits per heavy atom. The van der Waals surface area contributed by atoms with Crippen molar-refractivity contribution < 1.29 is 0 Å². The van der Waals surface area contributed by atoms with E-state index in [4.69, 9.17) is 11.6 Å². The van der Waals surface area contributed by atoms with Gasteiger partial charge < -0.3 is 0 Å². The Bertz CT molecular complexity index is 859. The number of piperidine rings is 1. The number of hydrogen-bond donors (Lipinski definition) is 0. The highest BCUT2D eigenvalue weighted by atomic mass is 35.5. The zero-order chi connectivity index (χ0) is 16.5. The van der Waals surface area contributed by atoms with Crippen LogP contribution >= 0.6 is 11.6 Å². The van der Waals surface area contributed by atoms with Crippen LogP contribution in [0.15, 0.2) is 36.7 Å². The molecule has 1 fully saturated rings. The predicted octanol–water partition coefficient (Wildman–Crippen LogP) is 3.47. The van der Waals surface area contributed by atoms with Gasteiger partial charge in [0.1, 0.15) is 6.33 Å². The van der Waals surface area contributed by atoms with Crippen LogP contribution in [0.2, 0.25) is 5.02 Å². The van der Waals surface area contributed by atoms with E-state index in [-0.39, 0.29) is 0 Å². The number of nitrogens with zero attached hydrogens (tertiary/aromatic N) is 5. The minimum Gasteiger partial charge on any atom is -0.298 e. The number of fused-ring (bicyclic) bond motifs is 1. The lowest BCUT2D eigenvalue weighted by Crippen LogP contribution is -2.34. The van der Waals surface area contributed by atoms with E-state index < -0.39 is 0 Å². The number of aryl methyl sites for hydroxylation is 1. The van der Waals surface area contributed by atoms with Gasteiger partial charge in [0.25, 0.3) is 5.78 Å². The van der Waals surface area contributed by atoms with Gasteiger partial charge >= 0.3 is 0 Å². The van der Waals surface area contributed by atoms with E-state index in [9.17, 15) is 0 Å². The van der Waals surface area contributed by atoms with Crippen LogP contribution in [0.3, 0.4) is 0 Å². The quantitative estimate of drug-likeness (QED) is 0.732. The maximum Gasteiger partial charge on any atom is 0.252 e. The molecule has 1 atom stereocenters. The Labute approximate surface area is 146 Å². The maximum atomic E-state index is 6.32. The summed E-state index contributed by atoms with van der Waals surface area (Å²) in [5.74, 6) is 1.13. The normalized spacial score (nSPS) is 19.0. The summed E-state index contributed by atoms with van der Waals surface area (Å²) in [6.07, 6.45) is 3.92. The lowest BCUT2D eigenvalue weighted by molar-refractivity contribution is 0.197. The van der Waals surface area contributed by atoms with Crippen LogP contribution in [0.4, 0.5) is 0 Å². The summed E-state index contributed by atoms with van der Waals surface area (Å²) >= 11 is 6.32. The largest absolute Gasteiger partial charge is 0.298 e. The van der Waals surface area contributed by atoms with E-state index in [1.165, 1.54) is 17.7 Å². The van der Waals surface area contributed by atoms with Gasteiger partial charge in [-0.1, -0.05) is 29.8 Å². The first-order chi connectivity index (χ1) is 11.7. The molecule has 1 aromatic carbocycles. The fraction of sp³-hybridized carbons (Fsp3) is 0.389. The summed E-state index contributed by atoms with van der Waals surface area (Å²) in [7, 11) is 0. The van der Waals surface area contributed by atoms with E-state index in [1.54, 1.807) is 6.33 Å². The lowest BCUT2D eigenvalue weighted by atomic mass is 9.93. The van der Waals surface area contributed by atoms with Gasteiger partial charge in [0.2, 0.25) is 0 Å². The van der Waals surface area contributed by atoms with E-state index >= 15 is 0 Å². The summed E-state index contributed by atoms with van der Waals surface area (Å²) in [4.78, 5) is 11.2. The molecule has 0 bridgehead atoms. The second-order valence-electron chi connectivity index (χ2n) is 6.46. The van der Waals surface area contributed by atoms with Crippen LogP contribution < -0.4 is 0 Å². The highest BCUT2D eigenvalue weighted by Gasteiger charge is 2.24. The van der Waals surface area contributed by atoms with Crippen molar-refractivity contribution in [3.63, 3.8) is 0 Å². The number of benzene rings is 1. The Morgan fingerprint density at radius 3 is 3.04 bits per heavy atom. The first-order valence-electron chi connectivity index (χ1n) is 8.34. The lowest BCUT2D eigenvalue weighted by Gasteiger charge is -2.33. The second kappa shape index (κ2) is 6.49. The molecule has 3 aromatic rings. The highest BCUT2D eigenvalue weighted by molar-refractivity contribution is 6.31. The molecule has 3 heterocycles. The monoisotopic (exact) mass is 341 g/mol. The van der Waals surface area contributed by atoms with Crippen molar-refractivity contribution in [2.75, 3.05) is 13.1 Å². The SMILES string of the molecule is Cc1cc(C2CCCN(Cc3ccccc3Cl)C2)n2ncnc2n1. The third-order valence-corrected chi connectivity index (χ3v) is 5.05. The topological polar surface area (TPSA) is 46.3 Å². The van der Waals surface area contributed by atoms with Gasteiger partial charge in [-0.3, -0.25) is 4.90 Å². The molecule has 2 aromatic heterocycles. The molecule has 0 saturated carbocycles. The van der Waals surface area contributed by atoms with Crippen molar-refractivity contribution in [3.8, 4) is 0 Å². The second-order valence-corrected chi connectivity index (χ2v) is 6.87. The molecular weight excluding hydrogens is 322 g/mol. The third kappa shape index (κ3) is 3.01. The van der Waals surface area contributed by atoms with Gasteiger partial charge in [0.15, 0.2) is 0 Å². The van der Waals surface area contributed by atoms with Crippen molar-refractivity contribution in [2.45, 2.75) is 32.2 Å². The average molecular weight is 342 g/mol. The average Bonchev–Trinajstić information content (AvgIpc) is 3.05. The number of hydrogen-bond acceptors (Lipinski definition) is 4. The zero-order valence-electron chi connectivity index (χ0n) is 13.7. The molecule has 1 saturated heterocycles. The fourth-order valence-corrected chi connectivity index (χ4v) is 3.75. The van der Waals surface area contributed by atoms with E-state index in [1.807, 2.05) is 29.6 Å². The smallest absolute Gasteiger partial charge is 0.252 e. The summed E-state index contributed by atoms with van der Waals surface area (Å²) in [5.41, 5.74) is 3.39. The first kappa shape index (κ1) is 15.5. The van der Waals surface area contributed by atoms with Gasteiger partial charge in [-0.25, -0.2) is 9.50 Å². The molecule has 4 rings (SSSR count). The molecule has 0 N–H and O–H groups in total. The molecule has 0 radical (unpaired) electrons. The third-order valence-electron chi connectivity index (χ3n) is 4.68. The van der Waals surface area contributed by atoms with Crippen molar-refractivity contribution in [1.82, 2.24) is 24.5 Å². The van der Waals surface area contributed by atoms with Gasteiger partial charge in [-0.15, -0.1) is 0 Å². The molecule has 1 unspecified atom stereocenters. The number of rotatable bonds is 3. The molecule has 0 amide bonds. The van der Waals surface area contributed by atoms with Gasteiger partial charge in [0, 0.05) is 29.7 Å². The Balaban J connectivity index is 1.58. The Kier molecular flexibility index (Phi) is 4.21. The van der Waals surface area contributed by atoms with Crippen LogP contribution in [0.1, 0.15) is 35.7 Å². The predicted molar refractivity (Wildman–Crippen MR) is 94.2 cm³/mol. The van der Waals surface area contributed by atoms with Gasteiger partial charge in [-0.2, -0.15) is 10.1 Å². The van der Waals surface area contributed by atoms with E-state index in [2.05, 4.69) is 32.1 Å². The van der Waals surface area contributed by atoms with Gasteiger partial charge in [0.05, 0.1) is 5.69 Å². The molecule has 6 heteroatoms. The van der Waals surface area contributed by atoms with Crippen LogP contribution in [-0.2, 0) is 6.54 Å². The molecule has 0 spiro atoms. The Morgan fingerprint density at radius 1 is 1.29 bits per heavy atom. The molecule has 5 nitrogen and oxygen atoms in total. The maximum absolute atomic E-state index is 6.32. The summed E-state index contributed by atoms with van der Waals surface area (Å²) < 4.78 is 1.89. The zero-order valence-corrected chi connectivity index (χ0v) is 14.4. The number of halogens is 1. The van der Waals surface area contributed by atoms with Crippen molar-refractivity contribution in [3.05, 3.63) is 58.6 Å². The van der Waals surface area contributed by atoms with Crippen molar-refractivity contribution >= 4 is 17.4 Å². The summed E-state index contributed by atoms with van der Waals surface area (Å²) in [5, 5.41) is 5.21. The molecule has 24 heavy (non-hydrogen) atoms. The van der Waals surface area contributed by atoms with Gasteiger partial charge in [-0.05, 0) is 44.0 Å². The van der Waals surface area contributed by atoms with Crippen LogP contribution in [0.5, 0.6) is 0 Å². The highest BCUT2D eigenvalue weighted by Crippen LogP contribution is 2.29. The molecule has 124 valence electrons. The summed E-state index contributed by atoms with van der Waals surface area (Å²) in [6, 6.07) is 10.2. The fourth-order valence-electron chi connectivity index (χ4n) is 3.56. The van der Waals surface area contributed by atoms with E-state index in [0.29, 0.717) is 11.7 Å². The number of likely N-dealkylation sites (tertiary alicyclic amines) is 1. The van der Waals surface area contributed by atoms with Crippen molar-refractivity contribution in [1.29, 1.82) is 0 Å². The molecule has 0 aliphatic carbocycles. The minimum absolute atomic E-state index is 0.437. The standard InChI is InChI=1S/C18H20ClN5/c1-13-9-17(24-18(22-13)20-12-21-24)15-6-4-8-23(11-15)10-14-5-2-3-7-16(14)19/h2-3,5,7,9,12,15H,4,6,8,10-11H2,1H3. The molecule has 1 aliphatic rings. The number of aromatic nitrogens is 4. The molecule has 1 aliphatic heterocycles. The van der Waals surface area contributed by atoms with Crippen LogP contribution in [0, 0.1) is 6.92 Å². The Hall–Kier alpha value is -1.98. The van der Waals surface area contributed by atoms with Crippen LogP contribution in [0.25, 0.3) is 5.78 Å². The summed E-state index contributed by atoms with van der Waals surface area (Å²) in [6.45, 7) is 5.01. The van der Waals surface area contributed by atoms with Crippen LogP contribution in [-0.4, -0.2) is 37.6 Å². The minimum atomic E-state index is 0.437. The van der Waals surface area contributed by atoms with Crippen molar-refractivity contribution in [2.24, 2.45) is 0 Å². The first-order valence-corrected chi connectivity index (χ1v) is 8.71. The van der Waals surface area contributed by atoms with E-state index in [0.717, 1.165) is 36.8 Å². The molecular formula is C18H20ClN5.